The number of nitrogen functional groups attached to an aromatic ring is 1. The molecule has 1 unspecified atom stereocenters. The molecule has 0 amide bonds. The van der Waals surface area contributed by atoms with Crippen molar-refractivity contribution in [1.29, 1.82) is 0 Å². The summed E-state index contributed by atoms with van der Waals surface area (Å²) in [5.41, 5.74) is 8.67. The Hall–Kier alpha value is -2.16. The number of nitrogens with one attached hydrogen (secondary N) is 1. The number of aryl methyl sites for hydroxylation is 2. The molecule has 0 bridgehead atoms. The lowest BCUT2D eigenvalue weighted by atomic mass is 9.88. The summed E-state index contributed by atoms with van der Waals surface area (Å²) in [6, 6.07) is 8.99. The van der Waals surface area contributed by atoms with Crippen molar-refractivity contribution in [2.45, 2.75) is 37.1 Å². The van der Waals surface area contributed by atoms with Crippen LogP contribution in [0.15, 0.2) is 41.3 Å². The van der Waals surface area contributed by atoms with E-state index in [1.807, 2.05) is 12.1 Å². The van der Waals surface area contributed by atoms with Gasteiger partial charge in [0.25, 0.3) is 5.69 Å². The van der Waals surface area contributed by atoms with E-state index in [1.54, 1.807) is 6.07 Å². The van der Waals surface area contributed by atoms with Crippen LogP contribution in [0.1, 0.15) is 35.6 Å². The van der Waals surface area contributed by atoms with Gasteiger partial charge in [0.15, 0.2) is 0 Å². The lowest BCUT2D eigenvalue weighted by molar-refractivity contribution is -0.385. The predicted octanol–water partition coefficient (Wildman–Crippen LogP) is 3.26. The first kappa shape index (κ1) is 20.2. The van der Waals surface area contributed by atoms with Crippen LogP contribution >= 0.6 is 12.4 Å². The summed E-state index contributed by atoms with van der Waals surface area (Å²) in [6.45, 7) is 1.52. The second-order valence-corrected chi connectivity index (χ2v) is 7.94. The molecule has 1 aliphatic carbocycles. The second kappa shape index (κ2) is 7.61. The van der Waals surface area contributed by atoms with Gasteiger partial charge in [-0.3, -0.25) is 10.1 Å². The van der Waals surface area contributed by atoms with E-state index in [2.05, 4.69) is 4.72 Å². The Morgan fingerprint density at radius 3 is 2.62 bits per heavy atom. The molecule has 9 heteroatoms. The molecule has 1 aliphatic rings. The van der Waals surface area contributed by atoms with E-state index in [4.69, 9.17) is 5.73 Å². The van der Waals surface area contributed by atoms with Crippen molar-refractivity contribution in [3.8, 4) is 0 Å². The Morgan fingerprint density at radius 1 is 1.23 bits per heavy atom. The number of sulfonamides is 1. The van der Waals surface area contributed by atoms with Crippen LogP contribution in [0, 0.1) is 17.0 Å². The van der Waals surface area contributed by atoms with Gasteiger partial charge in [-0.2, -0.15) is 0 Å². The summed E-state index contributed by atoms with van der Waals surface area (Å²) in [6.07, 6.45) is 2.43. The zero-order valence-corrected chi connectivity index (χ0v) is 15.8. The van der Waals surface area contributed by atoms with E-state index in [9.17, 15) is 18.5 Å². The van der Waals surface area contributed by atoms with Crippen LogP contribution in [0.4, 0.5) is 11.4 Å². The van der Waals surface area contributed by atoms with Crippen molar-refractivity contribution in [2.24, 2.45) is 0 Å². The first-order valence-corrected chi connectivity index (χ1v) is 9.42. The molecule has 26 heavy (non-hydrogen) atoms. The summed E-state index contributed by atoms with van der Waals surface area (Å²) in [5.74, 6) is 0. The Morgan fingerprint density at radius 2 is 1.96 bits per heavy atom. The van der Waals surface area contributed by atoms with Crippen molar-refractivity contribution in [1.82, 2.24) is 4.72 Å². The highest BCUT2D eigenvalue weighted by atomic mass is 35.5. The normalized spacial score (nSPS) is 16.4. The monoisotopic (exact) mass is 397 g/mol. The first-order valence-electron chi connectivity index (χ1n) is 7.93. The number of nitrogens with two attached hydrogens (primary N) is 1. The minimum absolute atomic E-state index is 0. The molecule has 0 saturated carbocycles. The zero-order valence-electron chi connectivity index (χ0n) is 14.1. The number of nitro groups is 1. The van der Waals surface area contributed by atoms with Gasteiger partial charge in [0.1, 0.15) is 0 Å². The number of halogens is 1. The summed E-state index contributed by atoms with van der Waals surface area (Å²) < 4.78 is 28.1. The zero-order chi connectivity index (χ0) is 18.2. The quantitative estimate of drug-likeness (QED) is 0.466. The first-order chi connectivity index (χ1) is 11.8. The molecular weight excluding hydrogens is 378 g/mol. The number of hydrogen-bond acceptors (Lipinski definition) is 5. The van der Waals surface area contributed by atoms with Gasteiger partial charge in [-0.1, -0.05) is 6.07 Å². The number of hydrogen-bond donors (Lipinski definition) is 2. The van der Waals surface area contributed by atoms with Crippen LogP contribution in [0.3, 0.4) is 0 Å². The van der Waals surface area contributed by atoms with Gasteiger partial charge in [0.05, 0.1) is 9.82 Å². The lowest BCUT2D eigenvalue weighted by Crippen LogP contribution is -2.31. The average Bonchev–Trinajstić information content (AvgIpc) is 2.54. The third-order valence-electron chi connectivity index (χ3n) is 4.45. The summed E-state index contributed by atoms with van der Waals surface area (Å²) in [5, 5.41) is 10.9. The molecule has 0 spiro atoms. The van der Waals surface area contributed by atoms with Crippen LogP contribution in [0.25, 0.3) is 0 Å². The van der Waals surface area contributed by atoms with Gasteiger partial charge in [-0.15, -0.1) is 12.4 Å². The van der Waals surface area contributed by atoms with Gasteiger partial charge in [-0.25, -0.2) is 13.1 Å². The maximum absolute atomic E-state index is 12.7. The molecule has 140 valence electrons. The number of benzene rings is 2. The Labute approximate surface area is 158 Å². The standard InChI is InChI=1S/C17H19N3O4S.ClH/c1-11-9-14(6-8-17(11)20(21)22)25(23,24)19-16-4-2-3-12-10-13(18)5-7-15(12)16;/h5-10,16,19H,2-4,18H2,1H3;1H. The van der Waals surface area contributed by atoms with E-state index in [0.717, 1.165) is 24.0 Å². The minimum atomic E-state index is -3.78. The van der Waals surface area contributed by atoms with Gasteiger partial charge in [0.2, 0.25) is 10.0 Å². The molecule has 0 radical (unpaired) electrons. The third kappa shape index (κ3) is 3.98. The van der Waals surface area contributed by atoms with Crippen LogP contribution in [0.5, 0.6) is 0 Å². The summed E-state index contributed by atoms with van der Waals surface area (Å²) in [7, 11) is -3.78. The third-order valence-corrected chi connectivity index (χ3v) is 5.92. The van der Waals surface area contributed by atoms with E-state index in [1.165, 1.54) is 25.1 Å². The van der Waals surface area contributed by atoms with Crippen LogP contribution in [-0.4, -0.2) is 13.3 Å². The van der Waals surface area contributed by atoms with Gasteiger partial charge >= 0.3 is 0 Å². The highest BCUT2D eigenvalue weighted by Crippen LogP contribution is 2.32. The molecule has 0 aromatic heterocycles. The van der Waals surface area contributed by atoms with Crippen molar-refractivity contribution in [2.75, 3.05) is 5.73 Å². The number of anilines is 1. The fourth-order valence-electron chi connectivity index (χ4n) is 3.21. The number of fused-ring (bicyclic) bond motifs is 1. The molecule has 7 nitrogen and oxygen atoms in total. The average molecular weight is 398 g/mol. The Kier molecular flexibility index (Phi) is 5.90. The molecule has 3 N–H and O–H groups in total. The van der Waals surface area contributed by atoms with E-state index < -0.39 is 14.9 Å². The van der Waals surface area contributed by atoms with Crippen LogP contribution in [0.2, 0.25) is 0 Å². The molecule has 0 heterocycles. The van der Waals surface area contributed by atoms with E-state index in [0.29, 0.717) is 17.7 Å². The number of nitrogens with zero attached hydrogens (tertiary/aromatic N) is 1. The van der Waals surface area contributed by atoms with E-state index in [-0.39, 0.29) is 29.0 Å². The topological polar surface area (TPSA) is 115 Å². The molecule has 0 fully saturated rings. The molecule has 0 aliphatic heterocycles. The minimum Gasteiger partial charge on any atom is -0.399 e. The van der Waals surface area contributed by atoms with Gasteiger partial charge < -0.3 is 5.73 Å². The SMILES string of the molecule is Cc1cc(S(=O)(=O)NC2CCCc3cc(N)ccc32)ccc1[N+](=O)[O-].Cl. The second-order valence-electron chi connectivity index (χ2n) is 6.23. The summed E-state index contributed by atoms with van der Waals surface area (Å²) >= 11 is 0. The largest absolute Gasteiger partial charge is 0.399 e. The molecule has 1 atom stereocenters. The highest BCUT2D eigenvalue weighted by molar-refractivity contribution is 7.89. The number of rotatable bonds is 4. The molecular formula is C17H20ClN3O4S. The van der Waals surface area contributed by atoms with Gasteiger partial charge in [-0.05, 0) is 61.6 Å². The maximum Gasteiger partial charge on any atom is 0.272 e. The molecule has 2 aromatic rings. The van der Waals surface area contributed by atoms with Crippen molar-refractivity contribution in [3.05, 3.63) is 63.2 Å². The molecule has 2 aromatic carbocycles. The number of nitro benzene ring substituents is 1. The lowest BCUT2D eigenvalue weighted by Gasteiger charge is -2.26. The van der Waals surface area contributed by atoms with Crippen LogP contribution < -0.4 is 10.5 Å². The highest BCUT2D eigenvalue weighted by Gasteiger charge is 2.26. The van der Waals surface area contributed by atoms with Crippen LogP contribution in [-0.2, 0) is 16.4 Å². The fraction of sp³-hybridized carbons (Fsp3) is 0.294. The van der Waals surface area contributed by atoms with Crippen molar-refractivity contribution >= 4 is 33.8 Å². The van der Waals surface area contributed by atoms with Gasteiger partial charge in [0, 0.05) is 23.4 Å². The summed E-state index contributed by atoms with van der Waals surface area (Å²) in [4.78, 5) is 10.4. The Balaban J connectivity index is 0.00000243. The maximum atomic E-state index is 12.7. The smallest absolute Gasteiger partial charge is 0.272 e. The van der Waals surface area contributed by atoms with E-state index >= 15 is 0 Å². The Bertz CT molecular complexity index is 947. The fourth-order valence-corrected chi connectivity index (χ4v) is 4.55. The van der Waals surface area contributed by atoms with Crippen molar-refractivity contribution < 1.29 is 13.3 Å². The predicted molar refractivity (Wildman–Crippen MR) is 102 cm³/mol. The molecule has 3 rings (SSSR count). The molecule has 0 saturated heterocycles. The van der Waals surface area contributed by atoms with Crippen molar-refractivity contribution in [3.63, 3.8) is 0 Å².